The number of hydrogen-bond acceptors (Lipinski definition) is 5. The van der Waals surface area contributed by atoms with E-state index in [1.165, 1.54) is 17.0 Å². The van der Waals surface area contributed by atoms with Gasteiger partial charge in [-0.3, -0.25) is 13.9 Å². The molecule has 2 amide bonds. The quantitative estimate of drug-likeness (QED) is 0.122. The molecule has 0 heterocycles. The molecule has 53 heavy (non-hydrogen) atoms. The van der Waals surface area contributed by atoms with Gasteiger partial charge in [0.1, 0.15) is 24.1 Å². The van der Waals surface area contributed by atoms with E-state index in [9.17, 15) is 18.0 Å². The molecule has 0 radical (unpaired) electrons. The van der Waals surface area contributed by atoms with Crippen molar-refractivity contribution in [3.8, 4) is 11.5 Å². The number of anilines is 1. The van der Waals surface area contributed by atoms with E-state index in [0.29, 0.717) is 27.1 Å². The maximum atomic E-state index is 14.9. The summed E-state index contributed by atoms with van der Waals surface area (Å²) in [6, 6.07) is 35.6. The largest absolute Gasteiger partial charge is 0.457 e. The van der Waals surface area contributed by atoms with Gasteiger partial charge in [-0.1, -0.05) is 108 Å². The van der Waals surface area contributed by atoms with Gasteiger partial charge in [-0.15, -0.1) is 0 Å². The van der Waals surface area contributed by atoms with Crippen LogP contribution in [0.5, 0.6) is 11.5 Å². The molecular formula is C42H41Cl2N3O5S. The summed E-state index contributed by atoms with van der Waals surface area (Å²) < 4.78 is 36.0. The van der Waals surface area contributed by atoms with Gasteiger partial charge in [0.25, 0.3) is 10.0 Å². The highest BCUT2D eigenvalue weighted by atomic mass is 35.5. The van der Waals surface area contributed by atoms with Crippen LogP contribution in [0.2, 0.25) is 10.0 Å². The summed E-state index contributed by atoms with van der Waals surface area (Å²) in [6.45, 7) is 1.21. The molecule has 11 heteroatoms. The van der Waals surface area contributed by atoms with Crippen LogP contribution in [0.25, 0.3) is 0 Å². The van der Waals surface area contributed by atoms with E-state index in [2.05, 4.69) is 5.32 Å². The van der Waals surface area contributed by atoms with Gasteiger partial charge in [-0.2, -0.15) is 0 Å². The van der Waals surface area contributed by atoms with Gasteiger partial charge < -0.3 is 15.0 Å². The van der Waals surface area contributed by atoms with Crippen molar-refractivity contribution in [1.82, 2.24) is 10.2 Å². The van der Waals surface area contributed by atoms with Gasteiger partial charge in [0, 0.05) is 29.1 Å². The van der Waals surface area contributed by atoms with Crippen LogP contribution in [-0.4, -0.2) is 43.8 Å². The van der Waals surface area contributed by atoms with Gasteiger partial charge in [0.15, 0.2) is 0 Å². The van der Waals surface area contributed by atoms with Crippen LogP contribution in [0.3, 0.4) is 0 Å². The summed E-state index contributed by atoms with van der Waals surface area (Å²) in [5, 5.41) is 3.93. The number of para-hydroxylation sites is 1. The van der Waals surface area contributed by atoms with Gasteiger partial charge in [-0.25, -0.2) is 8.42 Å². The smallest absolute Gasteiger partial charge is 0.264 e. The number of amides is 2. The third kappa shape index (κ3) is 9.79. The monoisotopic (exact) mass is 769 g/mol. The van der Waals surface area contributed by atoms with Crippen molar-refractivity contribution in [3.05, 3.63) is 154 Å². The summed E-state index contributed by atoms with van der Waals surface area (Å²) >= 11 is 12.9. The lowest BCUT2D eigenvalue weighted by molar-refractivity contribution is -0.140. The first-order valence-corrected chi connectivity index (χ1v) is 19.8. The van der Waals surface area contributed by atoms with Crippen LogP contribution < -0.4 is 14.4 Å². The molecule has 8 nitrogen and oxygen atoms in total. The van der Waals surface area contributed by atoms with E-state index >= 15 is 0 Å². The third-order valence-corrected chi connectivity index (χ3v) is 11.7. The Hall–Kier alpha value is -4.83. The molecule has 1 fully saturated rings. The average Bonchev–Trinajstić information content (AvgIpc) is 3.67. The lowest BCUT2D eigenvalue weighted by Crippen LogP contribution is -2.54. The molecule has 0 saturated heterocycles. The van der Waals surface area contributed by atoms with Crippen LogP contribution >= 0.6 is 23.2 Å². The molecule has 1 aliphatic rings. The van der Waals surface area contributed by atoms with E-state index < -0.39 is 28.5 Å². The molecule has 0 bridgehead atoms. The van der Waals surface area contributed by atoms with Gasteiger partial charge in [0.05, 0.1) is 10.6 Å². The second-order valence-corrected chi connectivity index (χ2v) is 15.9. The van der Waals surface area contributed by atoms with Crippen molar-refractivity contribution in [3.63, 3.8) is 0 Å². The minimum Gasteiger partial charge on any atom is -0.457 e. The van der Waals surface area contributed by atoms with Crippen molar-refractivity contribution >= 4 is 50.7 Å². The predicted molar refractivity (Wildman–Crippen MR) is 210 cm³/mol. The van der Waals surface area contributed by atoms with Crippen LogP contribution in [0, 0.1) is 6.92 Å². The Morgan fingerprint density at radius 1 is 0.811 bits per heavy atom. The first kappa shape index (κ1) is 37.9. The van der Waals surface area contributed by atoms with Crippen molar-refractivity contribution in [2.24, 2.45) is 0 Å². The molecular weight excluding hydrogens is 729 g/mol. The zero-order valence-corrected chi connectivity index (χ0v) is 31.7. The number of rotatable bonds is 14. The highest BCUT2D eigenvalue weighted by Crippen LogP contribution is 2.30. The van der Waals surface area contributed by atoms with E-state index in [1.807, 2.05) is 67.6 Å². The SMILES string of the molecule is Cc1ccc(S(=O)(=O)N(CC(=O)N(Cc2ccc(Cl)cc2Cl)C(Cc2ccccc2)C(=O)NC2CCCC2)c2ccc(Oc3ccccc3)cc2)cc1. The number of carbonyl (C=O) groups is 2. The Kier molecular flexibility index (Phi) is 12.4. The minimum atomic E-state index is -4.28. The molecule has 1 saturated carbocycles. The zero-order valence-electron chi connectivity index (χ0n) is 29.3. The summed E-state index contributed by atoms with van der Waals surface area (Å²) in [5.41, 5.74) is 2.54. The summed E-state index contributed by atoms with van der Waals surface area (Å²) in [7, 11) is -4.28. The fourth-order valence-corrected chi connectivity index (χ4v) is 8.31. The molecule has 1 atom stereocenters. The normalized spacial score (nSPS) is 13.6. The van der Waals surface area contributed by atoms with Crippen molar-refractivity contribution in [2.45, 2.75) is 62.6 Å². The Bertz CT molecular complexity index is 2110. The highest BCUT2D eigenvalue weighted by molar-refractivity contribution is 7.92. The van der Waals surface area contributed by atoms with Crippen molar-refractivity contribution < 1.29 is 22.7 Å². The Labute approximate surface area is 321 Å². The summed E-state index contributed by atoms with van der Waals surface area (Å²) in [6.07, 6.45) is 3.93. The number of sulfonamides is 1. The number of hydrogen-bond donors (Lipinski definition) is 1. The fraction of sp³-hybridized carbons (Fsp3) is 0.238. The van der Waals surface area contributed by atoms with E-state index in [0.717, 1.165) is 41.1 Å². The zero-order chi connectivity index (χ0) is 37.4. The molecule has 1 N–H and O–H groups in total. The predicted octanol–water partition coefficient (Wildman–Crippen LogP) is 8.99. The standard InChI is InChI=1S/C42H41Cl2N3O5S/c1-30-16-24-38(25-17-30)53(50,51)47(35-20-22-37(23-21-35)52-36-14-6-3-7-15-36)29-41(48)46(28-32-18-19-33(43)27-39(32)44)40(26-31-10-4-2-5-11-31)42(49)45-34-12-8-9-13-34/h2-7,10-11,14-25,27,34,40H,8-9,12-13,26,28-29H2,1H3,(H,45,49). The second-order valence-electron chi connectivity index (χ2n) is 13.2. The van der Waals surface area contributed by atoms with Crippen molar-refractivity contribution in [1.29, 1.82) is 0 Å². The Morgan fingerprint density at radius 2 is 1.43 bits per heavy atom. The van der Waals surface area contributed by atoms with E-state index in [1.54, 1.807) is 54.6 Å². The number of aryl methyl sites for hydroxylation is 1. The number of nitrogens with one attached hydrogen (secondary N) is 1. The van der Waals surface area contributed by atoms with Crippen LogP contribution in [0.15, 0.2) is 132 Å². The topological polar surface area (TPSA) is 96.0 Å². The summed E-state index contributed by atoms with van der Waals surface area (Å²) in [4.78, 5) is 30.6. The Morgan fingerprint density at radius 3 is 2.08 bits per heavy atom. The average molecular weight is 771 g/mol. The fourth-order valence-electron chi connectivity index (χ4n) is 6.43. The number of halogens is 2. The Balaban J connectivity index is 1.40. The molecule has 1 aliphatic carbocycles. The van der Waals surface area contributed by atoms with Gasteiger partial charge in [0.2, 0.25) is 11.8 Å². The van der Waals surface area contributed by atoms with Crippen LogP contribution in [-0.2, 0) is 32.6 Å². The maximum Gasteiger partial charge on any atom is 0.264 e. The van der Waals surface area contributed by atoms with Crippen molar-refractivity contribution in [2.75, 3.05) is 10.8 Å². The molecule has 1 unspecified atom stereocenters. The molecule has 0 aliphatic heterocycles. The molecule has 274 valence electrons. The number of carbonyl (C=O) groups excluding carboxylic acids is 2. The maximum absolute atomic E-state index is 14.9. The highest BCUT2D eigenvalue weighted by Gasteiger charge is 2.36. The molecule has 0 aromatic heterocycles. The second kappa shape index (κ2) is 17.3. The number of nitrogens with zero attached hydrogens (tertiary/aromatic N) is 2. The molecule has 6 rings (SSSR count). The first-order chi connectivity index (χ1) is 25.6. The first-order valence-electron chi connectivity index (χ1n) is 17.6. The molecule has 0 spiro atoms. The lowest BCUT2D eigenvalue weighted by atomic mass is 10.0. The third-order valence-electron chi connectivity index (χ3n) is 9.32. The number of benzene rings is 5. The molecule has 5 aromatic rings. The van der Waals surface area contributed by atoms with E-state index in [4.69, 9.17) is 27.9 Å². The minimum absolute atomic E-state index is 0.00752. The van der Waals surface area contributed by atoms with E-state index in [-0.39, 0.29) is 35.5 Å². The number of ether oxygens (including phenoxy) is 1. The molecule has 5 aromatic carbocycles. The van der Waals surface area contributed by atoms with Crippen LogP contribution in [0.1, 0.15) is 42.4 Å². The van der Waals surface area contributed by atoms with Gasteiger partial charge in [-0.05, 0) is 91.6 Å². The van der Waals surface area contributed by atoms with Gasteiger partial charge >= 0.3 is 0 Å². The van der Waals surface area contributed by atoms with Crippen LogP contribution in [0.4, 0.5) is 5.69 Å². The lowest BCUT2D eigenvalue weighted by Gasteiger charge is -2.34. The summed E-state index contributed by atoms with van der Waals surface area (Å²) in [5.74, 6) is 0.217.